The summed E-state index contributed by atoms with van der Waals surface area (Å²) in [7, 11) is 7.91. The van der Waals surface area contributed by atoms with Gasteiger partial charge in [0.1, 0.15) is 0 Å². The number of methoxy groups -OCH3 is 4. The molecule has 5 rings (SSSR count). The van der Waals surface area contributed by atoms with E-state index in [-0.39, 0.29) is 11.8 Å². The molecule has 2 heterocycles. The highest BCUT2D eigenvalue weighted by Gasteiger charge is 2.43. The van der Waals surface area contributed by atoms with Crippen LogP contribution in [-0.2, 0) is 4.79 Å². The summed E-state index contributed by atoms with van der Waals surface area (Å²) in [5.41, 5.74) is 2.89. The fourth-order valence-corrected chi connectivity index (χ4v) is 6.50. The largest absolute Gasteiger partial charge is 0.493 e. The number of likely N-dealkylation sites (N-methyl/N-ethyl adjacent to an activating group) is 1. The van der Waals surface area contributed by atoms with E-state index in [0.717, 1.165) is 55.4 Å². The lowest BCUT2D eigenvalue weighted by molar-refractivity contribution is -0.124. The van der Waals surface area contributed by atoms with E-state index in [9.17, 15) is 9.59 Å². The summed E-state index contributed by atoms with van der Waals surface area (Å²) in [6.45, 7) is 5.09. The quantitative estimate of drug-likeness (QED) is 0.305. The summed E-state index contributed by atoms with van der Waals surface area (Å²) in [6.07, 6.45) is 0.796. The highest BCUT2D eigenvalue weighted by molar-refractivity contribution is 6.30. The van der Waals surface area contributed by atoms with Crippen molar-refractivity contribution in [3.8, 4) is 23.0 Å². The second-order valence-electron chi connectivity index (χ2n) is 11.2. The number of fused-ring (bicyclic) bond motifs is 1. The second kappa shape index (κ2) is 14.3. The average Bonchev–Trinajstić information content (AvgIpc) is 3.07. The first-order chi connectivity index (χ1) is 21.8. The Morgan fingerprint density at radius 3 is 2.20 bits per heavy atom. The predicted molar refractivity (Wildman–Crippen MR) is 174 cm³/mol. The summed E-state index contributed by atoms with van der Waals surface area (Å²) in [6, 6.07) is 16.2. The lowest BCUT2D eigenvalue weighted by Gasteiger charge is -2.40. The molecule has 2 aliphatic heterocycles. The molecule has 0 saturated carbocycles. The summed E-state index contributed by atoms with van der Waals surface area (Å²) < 4.78 is 22.0. The van der Waals surface area contributed by atoms with Crippen LogP contribution in [0.25, 0.3) is 0 Å². The monoisotopic (exact) mass is 636 g/mol. The molecule has 11 heteroatoms. The minimum Gasteiger partial charge on any atom is -0.493 e. The molecule has 3 aromatic rings. The van der Waals surface area contributed by atoms with Crippen molar-refractivity contribution in [2.24, 2.45) is 0 Å². The van der Waals surface area contributed by atoms with E-state index in [1.165, 1.54) is 14.2 Å². The first-order valence-electron chi connectivity index (χ1n) is 15.0. The lowest BCUT2D eigenvalue weighted by atomic mass is 9.79. The fraction of sp³-hybridized carbons (Fsp3) is 0.412. The van der Waals surface area contributed by atoms with Crippen LogP contribution in [0.15, 0.2) is 54.6 Å². The predicted octanol–water partition coefficient (Wildman–Crippen LogP) is 4.61. The molecule has 240 valence electrons. The number of nitrogens with zero attached hydrogens (tertiary/aromatic N) is 3. The number of ether oxygens (including phenoxy) is 4. The van der Waals surface area contributed by atoms with Gasteiger partial charge in [0.25, 0.3) is 5.91 Å². The Kier molecular flexibility index (Phi) is 10.2. The van der Waals surface area contributed by atoms with E-state index >= 15 is 0 Å². The van der Waals surface area contributed by atoms with Gasteiger partial charge in [-0.25, -0.2) is 0 Å². The zero-order chi connectivity index (χ0) is 32.1. The summed E-state index contributed by atoms with van der Waals surface area (Å²) in [4.78, 5) is 34.2. The van der Waals surface area contributed by atoms with Crippen LogP contribution in [0.2, 0.25) is 5.02 Å². The molecular weight excluding hydrogens is 596 g/mol. The molecule has 2 aliphatic rings. The smallest absolute Gasteiger partial charge is 0.254 e. The highest BCUT2D eigenvalue weighted by atomic mass is 35.5. The lowest BCUT2D eigenvalue weighted by Crippen LogP contribution is -2.47. The SMILES string of the molecule is COc1ccc(C2C(C(=O)NCCCN3CCN(c4cccc(Cl)c4)CC3)c3cc(OC)c(OC)cc3C(=O)N2C)cc1OC. The Bertz CT molecular complexity index is 1530. The summed E-state index contributed by atoms with van der Waals surface area (Å²) in [5, 5.41) is 3.91. The van der Waals surface area contributed by atoms with Crippen molar-refractivity contribution in [2.45, 2.75) is 18.4 Å². The van der Waals surface area contributed by atoms with Crippen LogP contribution >= 0.6 is 11.6 Å². The molecule has 45 heavy (non-hydrogen) atoms. The topological polar surface area (TPSA) is 92.8 Å². The first-order valence-corrected chi connectivity index (χ1v) is 15.4. The molecule has 2 atom stereocenters. The molecule has 1 fully saturated rings. The third kappa shape index (κ3) is 6.77. The van der Waals surface area contributed by atoms with E-state index in [4.69, 9.17) is 30.5 Å². The molecule has 0 bridgehead atoms. The van der Waals surface area contributed by atoms with Crippen molar-refractivity contribution in [1.82, 2.24) is 15.1 Å². The second-order valence-corrected chi connectivity index (χ2v) is 11.6. The van der Waals surface area contributed by atoms with Crippen LogP contribution in [0.3, 0.4) is 0 Å². The minimum absolute atomic E-state index is 0.173. The molecule has 3 aromatic carbocycles. The van der Waals surface area contributed by atoms with Gasteiger partial charge < -0.3 is 34.1 Å². The van der Waals surface area contributed by atoms with Gasteiger partial charge in [-0.3, -0.25) is 14.5 Å². The van der Waals surface area contributed by atoms with Crippen LogP contribution < -0.4 is 29.2 Å². The Balaban J connectivity index is 1.32. The number of carbonyl (C=O) groups is 2. The van der Waals surface area contributed by atoms with Crippen LogP contribution in [0.1, 0.15) is 39.9 Å². The zero-order valence-electron chi connectivity index (χ0n) is 26.5. The molecule has 2 unspecified atom stereocenters. The first kappa shape index (κ1) is 32.2. The number of piperazine rings is 1. The maximum absolute atomic E-state index is 14.1. The summed E-state index contributed by atoms with van der Waals surface area (Å²) >= 11 is 6.19. The molecule has 0 aliphatic carbocycles. The number of anilines is 1. The van der Waals surface area contributed by atoms with E-state index in [0.29, 0.717) is 40.7 Å². The van der Waals surface area contributed by atoms with Crippen LogP contribution in [0.4, 0.5) is 5.69 Å². The fourth-order valence-electron chi connectivity index (χ4n) is 6.31. The van der Waals surface area contributed by atoms with Crippen LogP contribution in [0, 0.1) is 0 Å². The number of hydrogen-bond acceptors (Lipinski definition) is 8. The van der Waals surface area contributed by atoms with Gasteiger partial charge in [-0.1, -0.05) is 23.7 Å². The highest BCUT2D eigenvalue weighted by Crippen LogP contribution is 2.46. The zero-order valence-corrected chi connectivity index (χ0v) is 27.2. The molecular formula is C34H41ClN4O6. The van der Waals surface area contributed by atoms with E-state index in [1.54, 1.807) is 44.4 Å². The standard InChI is InChI=1S/C34H41ClN4O6/c1-37-32(22-10-11-27(42-2)28(18-22)43-3)31(25-20-29(44-4)30(45-5)21-26(25)34(37)41)33(40)36-12-7-13-38-14-16-39(17-15-38)24-9-6-8-23(35)19-24/h6,8-11,18-21,31-32H,7,12-17H2,1-5H3,(H,36,40). The minimum atomic E-state index is -0.707. The molecule has 0 radical (unpaired) electrons. The van der Waals surface area contributed by atoms with Gasteiger partial charge in [-0.2, -0.15) is 0 Å². The van der Waals surface area contributed by atoms with Crippen molar-refractivity contribution in [2.75, 3.05) is 79.7 Å². The molecule has 1 N–H and O–H groups in total. The molecule has 2 amide bonds. The Morgan fingerprint density at radius 2 is 1.53 bits per heavy atom. The van der Waals surface area contributed by atoms with Gasteiger partial charge in [0.05, 0.1) is 40.4 Å². The normalized spacial score (nSPS) is 18.3. The number of nitrogens with one attached hydrogen (secondary N) is 1. The molecule has 1 saturated heterocycles. The van der Waals surface area contributed by atoms with Gasteiger partial charge in [0, 0.05) is 56.0 Å². The molecule has 0 aromatic heterocycles. The van der Waals surface area contributed by atoms with Gasteiger partial charge in [0.15, 0.2) is 23.0 Å². The number of amides is 2. The van der Waals surface area contributed by atoms with Gasteiger partial charge in [-0.15, -0.1) is 0 Å². The number of rotatable bonds is 11. The van der Waals surface area contributed by atoms with E-state index in [2.05, 4.69) is 21.2 Å². The average molecular weight is 637 g/mol. The number of hydrogen-bond donors (Lipinski definition) is 1. The molecule has 10 nitrogen and oxygen atoms in total. The number of halogens is 1. The summed E-state index contributed by atoms with van der Waals surface area (Å²) in [5.74, 6) is 0.865. The maximum Gasteiger partial charge on any atom is 0.254 e. The van der Waals surface area contributed by atoms with Crippen molar-refractivity contribution < 1.29 is 28.5 Å². The van der Waals surface area contributed by atoms with Crippen molar-refractivity contribution in [1.29, 1.82) is 0 Å². The van der Waals surface area contributed by atoms with Crippen LogP contribution in [0.5, 0.6) is 23.0 Å². The van der Waals surface area contributed by atoms with Crippen molar-refractivity contribution in [3.63, 3.8) is 0 Å². The van der Waals surface area contributed by atoms with Crippen molar-refractivity contribution >= 4 is 29.1 Å². The Morgan fingerprint density at radius 1 is 0.867 bits per heavy atom. The van der Waals surface area contributed by atoms with Crippen LogP contribution in [-0.4, -0.2) is 96.4 Å². The van der Waals surface area contributed by atoms with Gasteiger partial charge in [0.2, 0.25) is 5.91 Å². The number of benzene rings is 3. The Hall–Kier alpha value is -4.15. The third-order valence-electron chi connectivity index (χ3n) is 8.70. The number of carbonyl (C=O) groups excluding carboxylic acids is 2. The van der Waals surface area contributed by atoms with Gasteiger partial charge >= 0.3 is 0 Å². The van der Waals surface area contributed by atoms with E-state index in [1.807, 2.05) is 30.3 Å². The Labute approximate surface area is 269 Å². The maximum atomic E-state index is 14.1. The van der Waals surface area contributed by atoms with Crippen molar-refractivity contribution in [3.05, 3.63) is 76.3 Å². The van der Waals surface area contributed by atoms with E-state index < -0.39 is 12.0 Å². The molecule has 0 spiro atoms. The third-order valence-corrected chi connectivity index (χ3v) is 8.94. The van der Waals surface area contributed by atoms with Gasteiger partial charge in [-0.05, 0) is 66.6 Å².